The third-order valence-electron chi connectivity index (χ3n) is 3.92. The molecule has 20 heavy (non-hydrogen) atoms. The van der Waals surface area contributed by atoms with Crippen molar-refractivity contribution < 1.29 is 9.53 Å². The Morgan fingerprint density at radius 2 is 2.40 bits per heavy atom. The van der Waals surface area contributed by atoms with E-state index >= 15 is 0 Å². The monoisotopic (exact) mass is 339 g/mol. The highest BCUT2D eigenvalue weighted by Crippen LogP contribution is 2.23. The highest BCUT2D eigenvalue weighted by Gasteiger charge is 2.22. The molecule has 1 heterocycles. The van der Waals surface area contributed by atoms with Crippen molar-refractivity contribution in [2.75, 3.05) is 13.1 Å². The summed E-state index contributed by atoms with van der Waals surface area (Å²) >= 11 is 3.41. The van der Waals surface area contributed by atoms with E-state index in [4.69, 9.17) is 4.74 Å². The lowest BCUT2D eigenvalue weighted by molar-refractivity contribution is -0.146. The largest absolute Gasteiger partial charge is 0.461 e. The number of carbonyl (C=O) groups excluding carboxylic acids is 1. The Morgan fingerprint density at radius 3 is 3.10 bits per heavy atom. The van der Waals surface area contributed by atoms with Gasteiger partial charge in [0, 0.05) is 10.9 Å². The van der Waals surface area contributed by atoms with Crippen LogP contribution in [-0.2, 0) is 16.1 Å². The first-order valence-corrected chi connectivity index (χ1v) is 8.05. The van der Waals surface area contributed by atoms with Crippen molar-refractivity contribution in [3.63, 3.8) is 0 Å². The van der Waals surface area contributed by atoms with Crippen molar-refractivity contribution in [2.45, 2.75) is 32.8 Å². The van der Waals surface area contributed by atoms with Gasteiger partial charge in [-0.3, -0.25) is 4.79 Å². The average molecular weight is 340 g/mol. The topological polar surface area (TPSA) is 38.3 Å². The zero-order valence-corrected chi connectivity index (χ0v) is 13.5. The van der Waals surface area contributed by atoms with E-state index in [2.05, 4.69) is 28.2 Å². The van der Waals surface area contributed by atoms with Crippen LogP contribution in [-0.4, -0.2) is 19.1 Å². The summed E-state index contributed by atoms with van der Waals surface area (Å²) in [7, 11) is 0. The van der Waals surface area contributed by atoms with Crippen molar-refractivity contribution in [1.82, 2.24) is 5.32 Å². The minimum absolute atomic E-state index is 0.0944. The lowest BCUT2D eigenvalue weighted by atomic mass is 9.85. The molecule has 0 aliphatic carbocycles. The molecule has 4 heteroatoms. The van der Waals surface area contributed by atoms with Crippen molar-refractivity contribution in [3.05, 3.63) is 34.3 Å². The van der Waals surface area contributed by atoms with Crippen molar-refractivity contribution >= 4 is 21.9 Å². The van der Waals surface area contributed by atoms with Gasteiger partial charge in [0.15, 0.2) is 0 Å². The number of ether oxygens (including phenoxy) is 1. The van der Waals surface area contributed by atoms with Crippen LogP contribution in [0.4, 0.5) is 0 Å². The van der Waals surface area contributed by atoms with Crippen LogP contribution in [0.2, 0.25) is 0 Å². The summed E-state index contributed by atoms with van der Waals surface area (Å²) < 4.78 is 6.37. The molecule has 0 radical (unpaired) electrons. The summed E-state index contributed by atoms with van der Waals surface area (Å²) in [6.07, 6.45) is 2.94. The molecular formula is C16H22BrNO2. The van der Waals surface area contributed by atoms with Gasteiger partial charge in [-0.05, 0) is 55.5 Å². The Labute approximate surface area is 129 Å². The molecule has 1 saturated heterocycles. The number of hydrogen-bond acceptors (Lipinski definition) is 3. The van der Waals surface area contributed by atoms with E-state index in [0.29, 0.717) is 24.9 Å². The third-order valence-corrected chi connectivity index (χ3v) is 4.41. The fourth-order valence-electron chi connectivity index (χ4n) is 2.64. The molecule has 0 saturated carbocycles. The number of nitrogens with one attached hydrogen (secondary N) is 1. The van der Waals surface area contributed by atoms with Gasteiger partial charge in [0.05, 0.1) is 0 Å². The number of halogens is 1. The molecule has 0 aromatic heterocycles. The number of benzene rings is 1. The van der Waals surface area contributed by atoms with Crippen LogP contribution in [0.1, 0.15) is 31.7 Å². The van der Waals surface area contributed by atoms with Crippen LogP contribution >= 0.6 is 15.9 Å². The molecule has 0 amide bonds. The number of piperidine rings is 1. The van der Waals surface area contributed by atoms with E-state index < -0.39 is 0 Å². The lowest BCUT2D eigenvalue weighted by Gasteiger charge is -2.27. The summed E-state index contributed by atoms with van der Waals surface area (Å²) in [4.78, 5) is 11.9. The summed E-state index contributed by atoms with van der Waals surface area (Å²) in [5.41, 5.74) is 1.01. The van der Waals surface area contributed by atoms with Gasteiger partial charge in [0.2, 0.25) is 0 Å². The summed E-state index contributed by atoms with van der Waals surface area (Å²) in [5.74, 6) is 0.892. The van der Waals surface area contributed by atoms with Crippen LogP contribution in [0, 0.1) is 11.8 Å². The van der Waals surface area contributed by atoms with Gasteiger partial charge < -0.3 is 10.1 Å². The summed E-state index contributed by atoms with van der Waals surface area (Å²) in [6, 6.07) is 7.85. The first-order chi connectivity index (χ1) is 9.65. The van der Waals surface area contributed by atoms with Crippen LogP contribution in [0.5, 0.6) is 0 Å². The number of carbonyl (C=O) groups is 1. The molecular weight excluding hydrogens is 318 g/mol. The standard InChI is InChI=1S/C16H22BrNO2/c1-12(14-5-3-7-18-10-14)8-16(19)20-11-13-4-2-6-15(17)9-13/h2,4,6,9,12,14,18H,3,5,7-8,10-11H2,1H3. The van der Waals surface area contributed by atoms with Gasteiger partial charge in [-0.25, -0.2) is 0 Å². The fourth-order valence-corrected chi connectivity index (χ4v) is 3.09. The van der Waals surface area contributed by atoms with E-state index in [-0.39, 0.29) is 5.97 Å². The van der Waals surface area contributed by atoms with Crippen molar-refractivity contribution in [2.24, 2.45) is 11.8 Å². The minimum atomic E-state index is -0.0944. The molecule has 110 valence electrons. The number of rotatable bonds is 5. The minimum Gasteiger partial charge on any atom is -0.461 e. The zero-order valence-electron chi connectivity index (χ0n) is 11.9. The highest BCUT2D eigenvalue weighted by atomic mass is 79.9. The van der Waals surface area contributed by atoms with E-state index in [1.54, 1.807) is 0 Å². The van der Waals surface area contributed by atoms with Gasteiger partial charge in [-0.15, -0.1) is 0 Å². The molecule has 1 aliphatic heterocycles. The highest BCUT2D eigenvalue weighted by molar-refractivity contribution is 9.10. The SMILES string of the molecule is CC(CC(=O)OCc1cccc(Br)c1)C1CCCNC1. The molecule has 3 nitrogen and oxygen atoms in total. The fraction of sp³-hybridized carbons (Fsp3) is 0.562. The Kier molecular flexibility index (Phi) is 6.05. The van der Waals surface area contributed by atoms with Crippen LogP contribution in [0.3, 0.4) is 0 Å². The van der Waals surface area contributed by atoms with Gasteiger partial charge in [0.1, 0.15) is 6.61 Å². The van der Waals surface area contributed by atoms with Gasteiger partial charge in [-0.2, -0.15) is 0 Å². The molecule has 1 aliphatic rings. The summed E-state index contributed by atoms with van der Waals surface area (Å²) in [5, 5.41) is 3.40. The van der Waals surface area contributed by atoms with E-state index in [1.165, 1.54) is 12.8 Å². The predicted molar refractivity (Wildman–Crippen MR) is 83.3 cm³/mol. The maximum Gasteiger partial charge on any atom is 0.306 e. The van der Waals surface area contributed by atoms with Gasteiger partial charge in [0.25, 0.3) is 0 Å². The van der Waals surface area contributed by atoms with Crippen LogP contribution in [0.15, 0.2) is 28.7 Å². The third kappa shape index (κ3) is 4.91. The predicted octanol–water partition coefficient (Wildman–Crippen LogP) is 3.52. The second kappa shape index (κ2) is 7.79. The van der Waals surface area contributed by atoms with Gasteiger partial charge in [-0.1, -0.05) is 35.0 Å². The smallest absolute Gasteiger partial charge is 0.306 e. The molecule has 2 atom stereocenters. The molecule has 1 aromatic rings. The van der Waals surface area contributed by atoms with Crippen LogP contribution < -0.4 is 5.32 Å². The number of esters is 1. The molecule has 0 spiro atoms. The van der Waals surface area contributed by atoms with Gasteiger partial charge >= 0.3 is 5.97 Å². The molecule has 1 N–H and O–H groups in total. The normalized spacial score (nSPS) is 20.4. The van der Waals surface area contributed by atoms with E-state index in [9.17, 15) is 4.79 Å². The van der Waals surface area contributed by atoms with Crippen molar-refractivity contribution in [3.8, 4) is 0 Å². The van der Waals surface area contributed by atoms with E-state index in [0.717, 1.165) is 23.1 Å². The second-order valence-corrected chi connectivity index (χ2v) is 6.49. The van der Waals surface area contributed by atoms with Crippen molar-refractivity contribution in [1.29, 1.82) is 0 Å². The molecule has 0 bridgehead atoms. The van der Waals surface area contributed by atoms with Crippen LogP contribution in [0.25, 0.3) is 0 Å². The first kappa shape index (κ1) is 15.5. The zero-order chi connectivity index (χ0) is 14.4. The number of hydrogen-bond donors (Lipinski definition) is 1. The Balaban J connectivity index is 1.74. The maximum atomic E-state index is 11.9. The Hall–Kier alpha value is -0.870. The second-order valence-electron chi connectivity index (χ2n) is 5.58. The first-order valence-electron chi connectivity index (χ1n) is 7.26. The molecule has 2 unspecified atom stereocenters. The Bertz CT molecular complexity index is 444. The summed E-state index contributed by atoms with van der Waals surface area (Å²) in [6.45, 7) is 4.64. The molecule has 2 rings (SSSR count). The lowest BCUT2D eigenvalue weighted by Crippen LogP contribution is -2.34. The Morgan fingerprint density at radius 1 is 1.55 bits per heavy atom. The molecule has 1 fully saturated rings. The maximum absolute atomic E-state index is 11.9. The van der Waals surface area contributed by atoms with E-state index in [1.807, 2.05) is 24.3 Å². The molecule has 1 aromatic carbocycles. The average Bonchev–Trinajstić information content (AvgIpc) is 2.46. The quantitative estimate of drug-likeness (QED) is 0.834.